The number of anilines is 1. The lowest BCUT2D eigenvalue weighted by molar-refractivity contribution is 0.581. The van der Waals surface area contributed by atoms with Gasteiger partial charge in [-0.1, -0.05) is 6.92 Å². The predicted octanol–water partition coefficient (Wildman–Crippen LogP) is 1.58. The summed E-state index contributed by atoms with van der Waals surface area (Å²) in [5, 5.41) is 5.08. The summed E-state index contributed by atoms with van der Waals surface area (Å²) < 4.78 is 24.3. The Kier molecular flexibility index (Phi) is 4.87. The Bertz CT molecular complexity index is 1010. The summed E-state index contributed by atoms with van der Waals surface area (Å²) in [6, 6.07) is 3.69. The van der Waals surface area contributed by atoms with Crippen LogP contribution < -0.4 is 10.9 Å². The van der Waals surface area contributed by atoms with E-state index in [2.05, 4.69) is 26.4 Å². The Labute approximate surface area is 146 Å². The first-order valence-electron chi connectivity index (χ1n) is 8.30. The van der Waals surface area contributed by atoms with Crippen molar-refractivity contribution in [1.82, 2.24) is 19.5 Å². The second-order valence-electron chi connectivity index (χ2n) is 6.07. The third kappa shape index (κ3) is 3.72. The molecule has 0 spiro atoms. The minimum atomic E-state index is -3.44. The molecule has 0 aliphatic rings. The van der Waals surface area contributed by atoms with E-state index in [-0.39, 0.29) is 5.75 Å². The molecule has 9 heteroatoms. The van der Waals surface area contributed by atoms with Gasteiger partial charge in [-0.05, 0) is 31.4 Å². The first kappa shape index (κ1) is 17.6. The summed E-state index contributed by atoms with van der Waals surface area (Å²) in [7, 11) is -3.44. The highest BCUT2D eigenvalue weighted by Crippen LogP contribution is 2.28. The van der Waals surface area contributed by atoms with Crippen LogP contribution in [-0.2, 0) is 23.0 Å². The SMILES string of the molecule is CCCc1nc2c(N)nc3cccnc3c2n1CCCCS(N)(=O)=O. The summed E-state index contributed by atoms with van der Waals surface area (Å²) in [6.07, 6.45) is 4.64. The molecule has 0 unspecified atom stereocenters. The van der Waals surface area contributed by atoms with Crippen LogP contribution in [0.3, 0.4) is 0 Å². The number of nitrogen functional groups attached to an aromatic ring is 1. The lowest BCUT2D eigenvalue weighted by Crippen LogP contribution is -2.17. The number of sulfonamides is 1. The van der Waals surface area contributed by atoms with Gasteiger partial charge in [0.1, 0.15) is 22.4 Å². The van der Waals surface area contributed by atoms with E-state index in [0.29, 0.717) is 30.7 Å². The maximum absolute atomic E-state index is 11.1. The third-order valence-corrected chi connectivity index (χ3v) is 4.93. The van der Waals surface area contributed by atoms with Gasteiger partial charge in [0.25, 0.3) is 0 Å². The Morgan fingerprint density at radius 2 is 2.00 bits per heavy atom. The normalized spacial score (nSPS) is 12.2. The van der Waals surface area contributed by atoms with Crippen molar-refractivity contribution in [3.05, 3.63) is 24.2 Å². The molecule has 3 aromatic heterocycles. The summed E-state index contributed by atoms with van der Waals surface area (Å²) in [5.74, 6) is 1.28. The van der Waals surface area contributed by atoms with E-state index >= 15 is 0 Å². The third-order valence-electron chi connectivity index (χ3n) is 4.08. The van der Waals surface area contributed by atoms with Crippen molar-refractivity contribution in [3.8, 4) is 0 Å². The second-order valence-corrected chi connectivity index (χ2v) is 7.80. The van der Waals surface area contributed by atoms with Crippen molar-refractivity contribution in [3.63, 3.8) is 0 Å². The van der Waals surface area contributed by atoms with Gasteiger partial charge >= 0.3 is 0 Å². The lowest BCUT2D eigenvalue weighted by Gasteiger charge is -2.10. The topological polar surface area (TPSA) is 130 Å². The summed E-state index contributed by atoms with van der Waals surface area (Å²) in [4.78, 5) is 13.5. The maximum atomic E-state index is 11.1. The molecular formula is C16H22N6O2S. The fraction of sp³-hybridized carbons (Fsp3) is 0.438. The number of nitrogens with zero attached hydrogens (tertiary/aromatic N) is 4. The molecule has 0 fully saturated rings. The van der Waals surface area contributed by atoms with Crippen LogP contribution in [-0.4, -0.2) is 33.7 Å². The van der Waals surface area contributed by atoms with Gasteiger partial charge in [0.2, 0.25) is 10.0 Å². The van der Waals surface area contributed by atoms with Crippen molar-refractivity contribution in [2.75, 3.05) is 11.5 Å². The highest BCUT2D eigenvalue weighted by molar-refractivity contribution is 7.89. The molecule has 0 aliphatic heterocycles. The summed E-state index contributed by atoms with van der Waals surface area (Å²) in [6.45, 7) is 2.72. The smallest absolute Gasteiger partial charge is 0.209 e. The van der Waals surface area contributed by atoms with Gasteiger partial charge in [0.15, 0.2) is 5.82 Å². The minimum absolute atomic E-state index is 0.0224. The zero-order valence-electron chi connectivity index (χ0n) is 14.1. The Hall–Kier alpha value is -2.26. The lowest BCUT2D eigenvalue weighted by atomic mass is 10.2. The number of hydrogen-bond donors (Lipinski definition) is 2. The molecule has 0 atom stereocenters. The van der Waals surface area contributed by atoms with Gasteiger partial charge in [-0.25, -0.2) is 23.5 Å². The quantitative estimate of drug-likeness (QED) is 0.614. The van der Waals surface area contributed by atoms with Crippen LogP contribution in [0.1, 0.15) is 32.0 Å². The number of pyridine rings is 2. The van der Waals surface area contributed by atoms with E-state index in [1.165, 1.54) is 0 Å². The number of imidazole rings is 1. The van der Waals surface area contributed by atoms with Gasteiger partial charge in [-0.2, -0.15) is 0 Å². The molecule has 0 saturated carbocycles. The van der Waals surface area contributed by atoms with Gasteiger partial charge in [-0.3, -0.25) is 4.98 Å². The van der Waals surface area contributed by atoms with Crippen LogP contribution in [0.4, 0.5) is 5.82 Å². The van der Waals surface area contributed by atoms with Gasteiger partial charge < -0.3 is 10.3 Å². The molecule has 0 bridgehead atoms. The molecule has 3 aromatic rings. The van der Waals surface area contributed by atoms with Gasteiger partial charge in [-0.15, -0.1) is 0 Å². The average Bonchev–Trinajstić information content (AvgIpc) is 2.91. The molecule has 25 heavy (non-hydrogen) atoms. The van der Waals surface area contributed by atoms with Crippen LogP contribution in [0.15, 0.2) is 18.3 Å². The van der Waals surface area contributed by atoms with Crippen LogP contribution >= 0.6 is 0 Å². The summed E-state index contributed by atoms with van der Waals surface area (Å²) >= 11 is 0. The van der Waals surface area contributed by atoms with E-state index in [9.17, 15) is 8.42 Å². The molecule has 0 radical (unpaired) electrons. The zero-order chi connectivity index (χ0) is 18.0. The highest BCUT2D eigenvalue weighted by atomic mass is 32.2. The fourth-order valence-electron chi connectivity index (χ4n) is 3.00. The molecule has 0 aliphatic carbocycles. The van der Waals surface area contributed by atoms with E-state index in [1.807, 2.05) is 12.1 Å². The number of unbranched alkanes of at least 4 members (excludes halogenated alkanes) is 1. The minimum Gasteiger partial charge on any atom is -0.382 e. The molecule has 3 rings (SSSR count). The number of primary sulfonamides is 1. The number of rotatable bonds is 7. The second kappa shape index (κ2) is 6.93. The largest absolute Gasteiger partial charge is 0.382 e. The Morgan fingerprint density at radius 1 is 1.20 bits per heavy atom. The predicted molar refractivity (Wildman–Crippen MR) is 98.4 cm³/mol. The number of nitrogens with two attached hydrogens (primary N) is 2. The van der Waals surface area contributed by atoms with Crippen molar-refractivity contribution in [2.24, 2.45) is 5.14 Å². The molecular weight excluding hydrogens is 340 g/mol. The first-order chi connectivity index (χ1) is 11.9. The van der Waals surface area contributed by atoms with E-state index in [0.717, 1.165) is 35.2 Å². The van der Waals surface area contributed by atoms with Crippen LogP contribution in [0.25, 0.3) is 22.1 Å². The first-order valence-corrected chi connectivity index (χ1v) is 10.0. The van der Waals surface area contributed by atoms with Crippen LogP contribution in [0.5, 0.6) is 0 Å². The van der Waals surface area contributed by atoms with E-state index in [4.69, 9.17) is 10.9 Å². The van der Waals surface area contributed by atoms with Crippen LogP contribution in [0.2, 0.25) is 0 Å². The molecule has 134 valence electrons. The number of aryl methyl sites for hydroxylation is 2. The Morgan fingerprint density at radius 3 is 2.72 bits per heavy atom. The van der Waals surface area contributed by atoms with Crippen LogP contribution in [0, 0.1) is 0 Å². The molecule has 0 saturated heterocycles. The van der Waals surface area contributed by atoms with Crippen molar-refractivity contribution < 1.29 is 8.42 Å². The van der Waals surface area contributed by atoms with E-state index in [1.54, 1.807) is 6.20 Å². The molecule has 0 aromatic carbocycles. The van der Waals surface area contributed by atoms with Crippen molar-refractivity contribution in [1.29, 1.82) is 0 Å². The fourth-order valence-corrected chi connectivity index (χ4v) is 3.61. The van der Waals surface area contributed by atoms with Crippen molar-refractivity contribution in [2.45, 2.75) is 39.2 Å². The Balaban J connectivity index is 2.05. The van der Waals surface area contributed by atoms with Gasteiger partial charge in [0, 0.05) is 19.2 Å². The van der Waals surface area contributed by atoms with E-state index < -0.39 is 10.0 Å². The monoisotopic (exact) mass is 362 g/mol. The number of hydrogen-bond acceptors (Lipinski definition) is 6. The number of aromatic nitrogens is 4. The number of fused-ring (bicyclic) bond motifs is 3. The molecule has 8 nitrogen and oxygen atoms in total. The molecule has 0 amide bonds. The summed E-state index contributed by atoms with van der Waals surface area (Å²) in [5.41, 5.74) is 9.10. The maximum Gasteiger partial charge on any atom is 0.209 e. The highest BCUT2D eigenvalue weighted by Gasteiger charge is 2.17. The molecule has 3 heterocycles. The zero-order valence-corrected chi connectivity index (χ0v) is 15.0. The molecule has 4 N–H and O–H groups in total. The average molecular weight is 362 g/mol. The standard InChI is InChI=1S/C16H22N6O2S/c1-2-6-12-21-14-15(22(12)9-3-4-10-25(18,23)24)13-11(20-16(14)17)7-5-8-19-13/h5,7-8H,2-4,6,9-10H2,1H3,(H2,17,20)(H2,18,23,24). The van der Waals surface area contributed by atoms with Gasteiger partial charge in [0.05, 0.1) is 11.3 Å². The van der Waals surface area contributed by atoms with Crippen molar-refractivity contribution >= 4 is 37.9 Å².